The van der Waals surface area contributed by atoms with Gasteiger partial charge in [-0.1, -0.05) is 12.1 Å². The van der Waals surface area contributed by atoms with E-state index in [4.69, 9.17) is 0 Å². The van der Waals surface area contributed by atoms with Crippen LogP contribution in [0.2, 0.25) is 0 Å². The van der Waals surface area contributed by atoms with Gasteiger partial charge in [-0.05, 0) is 23.8 Å². The summed E-state index contributed by atoms with van der Waals surface area (Å²) in [5, 5.41) is 0. The van der Waals surface area contributed by atoms with Gasteiger partial charge in [0.15, 0.2) is 0 Å². The number of aromatic amines is 1. The zero-order valence-electron chi connectivity index (χ0n) is 14.1. The third kappa shape index (κ3) is 3.81. The Balaban J connectivity index is 1.68. The van der Waals surface area contributed by atoms with Crippen LogP contribution in [0.4, 0.5) is 17.6 Å². The van der Waals surface area contributed by atoms with Crippen LogP contribution in [0.15, 0.2) is 47.5 Å². The average Bonchev–Trinajstić information content (AvgIpc) is 3.22. The minimum atomic E-state index is -4.38. The Morgan fingerprint density at radius 1 is 1.18 bits per heavy atom. The fourth-order valence-corrected chi connectivity index (χ4v) is 3.82. The predicted octanol–water partition coefficient (Wildman–Crippen LogP) is 4.14. The Morgan fingerprint density at radius 2 is 1.93 bits per heavy atom. The second-order valence-corrected chi connectivity index (χ2v) is 7.16. The number of fused-ring (bicyclic) bond motifs is 1. The highest BCUT2D eigenvalue weighted by atomic mass is 32.1. The number of thiophene rings is 1. The number of nitrogens with zero attached hydrogens (tertiary/aromatic N) is 3. The third-order valence-corrected chi connectivity index (χ3v) is 5.21. The van der Waals surface area contributed by atoms with E-state index in [1.54, 1.807) is 18.2 Å². The predicted molar refractivity (Wildman–Crippen MR) is 96.7 cm³/mol. The maximum Gasteiger partial charge on any atom is 0.406 e. The van der Waals surface area contributed by atoms with E-state index in [-0.39, 0.29) is 29.4 Å². The molecular weight excluding hydrogens is 396 g/mol. The molecule has 0 aliphatic carbocycles. The summed E-state index contributed by atoms with van der Waals surface area (Å²) in [6.07, 6.45) is -1.92. The van der Waals surface area contributed by atoms with Crippen LogP contribution in [0.3, 0.4) is 0 Å². The molecule has 0 spiro atoms. The van der Waals surface area contributed by atoms with Crippen LogP contribution in [0.1, 0.15) is 11.6 Å². The van der Waals surface area contributed by atoms with Crippen molar-refractivity contribution in [1.82, 2.24) is 19.5 Å². The number of halogens is 4. The van der Waals surface area contributed by atoms with Crippen LogP contribution in [0.25, 0.3) is 20.7 Å². The number of aromatic nitrogens is 4. The first-order chi connectivity index (χ1) is 13.3. The van der Waals surface area contributed by atoms with Crippen molar-refractivity contribution < 1.29 is 17.6 Å². The summed E-state index contributed by atoms with van der Waals surface area (Å²) in [6.45, 7) is -1.16. The Hall–Kier alpha value is -3.01. The molecule has 0 aliphatic heterocycles. The molecular formula is C18H12F4N4OS. The molecule has 0 atom stereocenters. The molecule has 5 nitrogen and oxygen atoms in total. The van der Waals surface area contributed by atoms with Crippen molar-refractivity contribution in [3.05, 3.63) is 70.5 Å². The molecule has 10 heteroatoms. The smallest absolute Gasteiger partial charge is 0.325 e. The maximum absolute atomic E-state index is 13.1. The summed E-state index contributed by atoms with van der Waals surface area (Å²) in [4.78, 5) is 24.0. The summed E-state index contributed by atoms with van der Waals surface area (Å²) in [7, 11) is 0. The van der Waals surface area contributed by atoms with E-state index in [0.717, 1.165) is 15.0 Å². The zero-order chi connectivity index (χ0) is 19.9. The maximum atomic E-state index is 13.1. The van der Waals surface area contributed by atoms with Gasteiger partial charge in [0.2, 0.25) is 0 Å². The highest BCUT2D eigenvalue weighted by Crippen LogP contribution is 2.31. The van der Waals surface area contributed by atoms with Gasteiger partial charge in [-0.15, -0.1) is 11.3 Å². The monoisotopic (exact) mass is 408 g/mol. The number of benzene rings is 1. The normalized spacial score (nSPS) is 12.0. The van der Waals surface area contributed by atoms with Crippen molar-refractivity contribution in [1.29, 1.82) is 0 Å². The number of nitrogens with one attached hydrogen (secondary N) is 1. The van der Waals surface area contributed by atoms with Crippen LogP contribution >= 0.6 is 11.3 Å². The van der Waals surface area contributed by atoms with Crippen molar-refractivity contribution >= 4 is 21.6 Å². The molecule has 0 amide bonds. The van der Waals surface area contributed by atoms with E-state index >= 15 is 0 Å². The van der Waals surface area contributed by atoms with Gasteiger partial charge < -0.3 is 9.55 Å². The van der Waals surface area contributed by atoms with Crippen molar-refractivity contribution in [2.24, 2.45) is 0 Å². The first-order valence-electron chi connectivity index (χ1n) is 8.14. The molecule has 1 aromatic carbocycles. The Labute approximate surface area is 159 Å². The standard InChI is InChI=1S/C18H12F4N4OS/c19-11-3-1-10(2-4-11)13-7-12-16(28-13)17(27)25-14(24-12)8-15-23-5-6-26(15)9-18(20,21)22/h1-7H,8-9H2,(H,24,25,27). The fraction of sp³-hybridized carbons (Fsp3) is 0.167. The lowest BCUT2D eigenvalue weighted by atomic mass is 10.2. The molecule has 0 saturated carbocycles. The van der Waals surface area contributed by atoms with Crippen molar-refractivity contribution in [2.75, 3.05) is 0 Å². The highest BCUT2D eigenvalue weighted by molar-refractivity contribution is 7.22. The summed E-state index contributed by atoms with van der Waals surface area (Å²) in [5.41, 5.74) is 0.787. The molecule has 0 aliphatic rings. The molecule has 0 saturated heterocycles. The molecule has 4 aromatic rings. The van der Waals surface area contributed by atoms with Gasteiger partial charge in [0.25, 0.3) is 5.56 Å². The van der Waals surface area contributed by atoms with Gasteiger partial charge in [0.05, 0.1) is 11.9 Å². The lowest BCUT2D eigenvalue weighted by molar-refractivity contribution is -0.141. The zero-order valence-corrected chi connectivity index (χ0v) is 14.9. The van der Waals surface area contributed by atoms with Crippen LogP contribution in [0, 0.1) is 5.82 Å². The summed E-state index contributed by atoms with van der Waals surface area (Å²) in [5.74, 6) is 0.00173. The largest absolute Gasteiger partial charge is 0.406 e. The first-order valence-corrected chi connectivity index (χ1v) is 8.95. The third-order valence-electron chi connectivity index (χ3n) is 4.04. The van der Waals surface area contributed by atoms with Gasteiger partial charge in [0.1, 0.15) is 28.7 Å². The molecule has 28 heavy (non-hydrogen) atoms. The van der Waals surface area contributed by atoms with Gasteiger partial charge in [-0.25, -0.2) is 14.4 Å². The summed E-state index contributed by atoms with van der Waals surface area (Å²) in [6, 6.07) is 7.55. The van der Waals surface area contributed by atoms with Gasteiger partial charge in [-0.3, -0.25) is 4.79 Å². The summed E-state index contributed by atoms with van der Waals surface area (Å²) < 4.78 is 52.4. The number of H-pyrrole nitrogens is 1. The lowest BCUT2D eigenvalue weighted by Crippen LogP contribution is -2.20. The molecule has 0 radical (unpaired) electrons. The fourth-order valence-electron chi connectivity index (χ4n) is 2.82. The van der Waals surface area contributed by atoms with Crippen molar-refractivity contribution in [3.8, 4) is 10.4 Å². The second kappa shape index (κ2) is 6.86. The molecule has 1 N–H and O–H groups in total. The number of alkyl halides is 3. The average molecular weight is 408 g/mol. The van der Waals surface area contributed by atoms with E-state index in [9.17, 15) is 22.4 Å². The number of hydrogen-bond donors (Lipinski definition) is 1. The minimum absolute atomic E-state index is 0.0456. The Kier molecular flexibility index (Phi) is 4.50. The topological polar surface area (TPSA) is 63.6 Å². The number of hydrogen-bond acceptors (Lipinski definition) is 4. The summed E-state index contributed by atoms with van der Waals surface area (Å²) >= 11 is 1.21. The van der Waals surface area contributed by atoms with Crippen LogP contribution < -0.4 is 5.56 Å². The second-order valence-electron chi connectivity index (χ2n) is 6.11. The van der Waals surface area contributed by atoms with Gasteiger partial charge in [0, 0.05) is 17.3 Å². The van der Waals surface area contributed by atoms with E-state index < -0.39 is 12.7 Å². The quantitative estimate of drug-likeness (QED) is 0.516. The molecule has 0 unspecified atom stereocenters. The van der Waals surface area contributed by atoms with Crippen LogP contribution in [-0.4, -0.2) is 25.7 Å². The molecule has 3 heterocycles. The van der Waals surface area contributed by atoms with E-state index in [1.165, 1.54) is 35.9 Å². The minimum Gasteiger partial charge on any atom is -0.325 e. The SMILES string of the molecule is O=c1[nH]c(Cc2nccn2CC(F)(F)F)nc2cc(-c3ccc(F)cc3)sc12. The van der Waals surface area contributed by atoms with E-state index in [0.29, 0.717) is 10.2 Å². The molecule has 0 fully saturated rings. The molecule has 144 valence electrons. The number of rotatable bonds is 4. The van der Waals surface area contributed by atoms with Crippen molar-refractivity contribution in [2.45, 2.75) is 19.1 Å². The van der Waals surface area contributed by atoms with E-state index in [2.05, 4.69) is 15.0 Å². The molecule has 3 aromatic heterocycles. The Morgan fingerprint density at radius 3 is 2.64 bits per heavy atom. The van der Waals surface area contributed by atoms with E-state index in [1.807, 2.05) is 0 Å². The van der Waals surface area contributed by atoms with Crippen LogP contribution in [0.5, 0.6) is 0 Å². The first kappa shape index (κ1) is 18.4. The van der Waals surface area contributed by atoms with Gasteiger partial charge in [-0.2, -0.15) is 13.2 Å². The van der Waals surface area contributed by atoms with Crippen LogP contribution in [-0.2, 0) is 13.0 Å². The van der Waals surface area contributed by atoms with Gasteiger partial charge >= 0.3 is 6.18 Å². The lowest BCUT2D eigenvalue weighted by Gasteiger charge is -2.10. The molecule has 0 bridgehead atoms. The molecule has 4 rings (SSSR count). The number of imidazole rings is 1. The Bertz CT molecular complexity index is 1190. The highest BCUT2D eigenvalue weighted by Gasteiger charge is 2.29. The van der Waals surface area contributed by atoms with Crippen molar-refractivity contribution in [3.63, 3.8) is 0 Å².